The van der Waals surface area contributed by atoms with Crippen molar-refractivity contribution in [1.29, 1.82) is 0 Å². The number of nitrogens with one attached hydrogen (secondary N) is 3. The number of aliphatic imine (C=N–C) groups is 1. The number of nitrogens with zero attached hydrogens (tertiary/aromatic N) is 1. The van der Waals surface area contributed by atoms with Gasteiger partial charge in [-0.15, -0.1) is 0 Å². The van der Waals surface area contributed by atoms with Crippen molar-refractivity contribution in [2.75, 3.05) is 5.32 Å². The average molecular weight is 247 g/mol. The van der Waals surface area contributed by atoms with Crippen LogP contribution in [0.3, 0.4) is 0 Å². The highest BCUT2D eigenvalue weighted by molar-refractivity contribution is 5.92. The van der Waals surface area contributed by atoms with Gasteiger partial charge in [0.15, 0.2) is 12.2 Å². The highest BCUT2D eigenvalue weighted by atomic mass is 16.2. The molecule has 1 aliphatic heterocycles. The zero-order valence-corrected chi connectivity index (χ0v) is 10.2. The van der Waals surface area contributed by atoms with Gasteiger partial charge in [0, 0.05) is 18.2 Å². The third-order valence-corrected chi connectivity index (χ3v) is 2.55. The molecule has 2 rings (SSSR count). The van der Waals surface area contributed by atoms with Crippen LogP contribution in [-0.4, -0.2) is 24.2 Å². The van der Waals surface area contributed by atoms with Gasteiger partial charge in [0.2, 0.25) is 5.91 Å². The molecule has 1 aromatic carbocycles. The summed E-state index contributed by atoms with van der Waals surface area (Å²) in [6.45, 7) is 1.93. The number of carbonyl (C=O) groups excluding carboxylic acids is 1. The second-order valence-corrected chi connectivity index (χ2v) is 4.25. The van der Waals surface area contributed by atoms with E-state index < -0.39 is 6.29 Å². The van der Waals surface area contributed by atoms with Crippen LogP contribution in [0.2, 0.25) is 0 Å². The molecule has 0 spiro atoms. The van der Waals surface area contributed by atoms with Gasteiger partial charge in [0.25, 0.3) is 0 Å². The molecule has 0 aromatic heterocycles. The van der Waals surface area contributed by atoms with Crippen molar-refractivity contribution in [3.63, 3.8) is 0 Å². The number of anilines is 1. The molecule has 1 aromatic rings. The van der Waals surface area contributed by atoms with Crippen LogP contribution in [0.15, 0.2) is 35.3 Å². The first-order chi connectivity index (χ1) is 8.63. The largest absolute Gasteiger partial charge is 0.370 e. The molecular formula is C12H17N5O. The number of amides is 1. The summed E-state index contributed by atoms with van der Waals surface area (Å²) in [5.74, 6) is 0.232. The van der Waals surface area contributed by atoms with Gasteiger partial charge in [-0.3, -0.25) is 10.1 Å². The molecule has 1 saturated heterocycles. The van der Waals surface area contributed by atoms with E-state index in [1.165, 1.54) is 0 Å². The zero-order valence-electron chi connectivity index (χ0n) is 10.2. The van der Waals surface area contributed by atoms with Crippen molar-refractivity contribution < 1.29 is 4.79 Å². The molecule has 1 fully saturated rings. The molecule has 18 heavy (non-hydrogen) atoms. The van der Waals surface area contributed by atoms with Crippen molar-refractivity contribution in [2.24, 2.45) is 10.7 Å². The fourth-order valence-corrected chi connectivity index (χ4v) is 1.77. The van der Waals surface area contributed by atoms with Gasteiger partial charge < -0.3 is 16.4 Å². The Bertz CT molecular complexity index is 445. The number of guanidine groups is 1. The van der Waals surface area contributed by atoms with Crippen LogP contribution in [0.5, 0.6) is 0 Å². The van der Waals surface area contributed by atoms with Gasteiger partial charge in [-0.05, 0) is 19.1 Å². The number of hydrogen-bond donors (Lipinski definition) is 4. The first-order valence-electron chi connectivity index (χ1n) is 5.84. The van der Waals surface area contributed by atoms with E-state index in [-0.39, 0.29) is 17.9 Å². The summed E-state index contributed by atoms with van der Waals surface area (Å²) in [5.41, 5.74) is 6.63. The van der Waals surface area contributed by atoms with E-state index in [9.17, 15) is 4.79 Å². The topological polar surface area (TPSA) is 91.5 Å². The molecule has 1 heterocycles. The zero-order chi connectivity index (χ0) is 13.0. The van der Waals surface area contributed by atoms with Crippen LogP contribution in [0, 0.1) is 0 Å². The van der Waals surface area contributed by atoms with Crippen molar-refractivity contribution in [2.45, 2.75) is 25.7 Å². The Labute approximate surface area is 106 Å². The summed E-state index contributed by atoms with van der Waals surface area (Å²) in [6, 6.07) is 9.59. The molecule has 5 N–H and O–H groups in total. The van der Waals surface area contributed by atoms with E-state index in [2.05, 4.69) is 20.9 Å². The van der Waals surface area contributed by atoms with Crippen molar-refractivity contribution >= 4 is 17.6 Å². The van der Waals surface area contributed by atoms with Crippen molar-refractivity contribution in [3.05, 3.63) is 30.3 Å². The maximum atomic E-state index is 11.3. The third kappa shape index (κ3) is 3.46. The SMILES string of the molecule is CC1CC(=O)NC(/N=C(\N)Nc2ccccc2)N1. The third-order valence-electron chi connectivity index (χ3n) is 2.55. The summed E-state index contributed by atoms with van der Waals surface area (Å²) in [5, 5.41) is 8.79. The molecule has 2 atom stereocenters. The van der Waals surface area contributed by atoms with E-state index in [0.29, 0.717) is 6.42 Å². The molecule has 0 saturated carbocycles. The molecular weight excluding hydrogens is 230 g/mol. The predicted molar refractivity (Wildman–Crippen MR) is 70.8 cm³/mol. The molecule has 1 amide bonds. The Hall–Kier alpha value is -2.08. The van der Waals surface area contributed by atoms with Gasteiger partial charge in [-0.25, -0.2) is 4.99 Å². The van der Waals surface area contributed by atoms with E-state index in [4.69, 9.17) is 5.73 Å². The molecule has 6 heteroatoms. The molecule has 0 aliphatic carbocycles. The number of rotatable bonds is 2. The minimum Gasteiger partial charge on any atom is -0.370 e. The second kappa shape index (κ2) is 5.50. The minimum atomic E-state index is -0.475. The monoisotopic (exact) mass is 247 g/mol. The number of hydrogen-bond acceptors (Lipinski definition) is 3. The summed E-state index contributed by atoms with van der Waals surface area (Å²) in [6.07, 6.45) is -0.0182. The van der Waals surface area contributed by atoms with Crippen LogP contribution in [0.1, 0.15) is 13.3 Å². The van der Waals surface area contributed by atoms with Crippen molar-refractivity contribution in [1.82, 2.24) is 10.6 Å². The number of nitrogens with two attached hydrogens (primary N) is 1. The summed E-state index contributed by atoms with van der Waals surface area (Å²) < 4.78 is 0. The first-order valence-corrected chi connectivity index (χ1v) is 5.84. The smallest absolute Gasteiger partial charge is 0.224 e. The summed E-state index contributed by atoms with van der Waals surface area (Å²) in [7, 11) is 0. The summed E-state index contributed by atoms with van der Waals surface area (Å²) >= 11 is 0. The van der Waals surface area contributed by atoms with Crippen LogP contribution in [0.25, 0.3) is 0 Å². The van der Waals surface area contributed by atoms with Gasteiger partial charge in [0.05, 0.1) is 0 Å². The van der Waals surface area contributed by atoms with Crippen LogP contribution in [0.4, 0.5) is 5.69 Å². The van der Waals surface area contributed by atoms with Crippen LogP contribution < -0.4 is 21.7 Å². The molecule has 0 radical (unpaired) electrons. The van der Waals surface area contributed by atoms with Gasteiger partial charge in [0.1, 0.15) is 0 Å². The lowest BCUT2D eigenvalue weighted by Gasteiger charge is -2.26. The molecule has 6 nitrogen and oxygen atoms in total. The van der Waals surface area contributed by atoms with E-state index in [0.717, 1.165) is 5.69 Å². The van der Waals surface area contributed by atoms with Crippen LogP contribution >= 0.6 is 0 Å². The van der Waals surface area contributed by atoms with Gasteiger partial charge in [-0.1, -0.05) is 18.2 Å². The van der Waals surface area contributed by atoms with E-state index >= 15 is 0 Å². The second-order valence-electron chi connectivity index (χ2n) is 4.25. The molecule has 96 valence electrons. The Kier molecular flexibility index (Phi) is 3.78. The normalized spacial score (nSPS) is 24.5. The lowest BCUT2D eigenvalue weighted by Crippen LogP contribution is -2.55. The van der Waals surface area contributed by atoms with Gasteiger partial charge in [-0.2, -0.15) is 0 Å². The Balaban J connectivity index is 1.97. The van der Waals surface area contributed by atoms with Gasteiger partial charge >= 0.3 is 0 Å². The van der Waals surface area contributed by atoms with Crippen molar-refractivity contribution in [3.8, 4) is 0 Å². The molecule has 0 bridgehead atoms. The maximum Gasteiger partial charge on any atom is 0.224 e. The Morgan fingerprint density at radius 3 is 2.83 bits per heavy atom. The van der Waals surface area contributed by atoms with E-state index in [1.54, 1.807) is 0 Å². The quantitative estimate of drug-likeness (QED) is 0.443. The maximum absolute atomic E-state index is 11.3. The average Bonchev–Trinajstić information content (AvgIpc) is 2.28. The van der Waals surface area contributed by atoms with Crippen LogP contribution in [-0.2, 0) is 4.79 Å². The Morgan fingerprint density at radius 2 is 2.17 bits per heavy atom. The highest BCUT2D eigenvalue weighted by Gasteiger charge is 2.21. The van der Waals surface area contributed by atoms with E-state index in [1.807, 2.05) is 37.3 Å². The minimum absolute atomic E-state index is 0.0255. The lowest BCUT2D eigenvalue weighted by atomic mass is 10.2. The standard InChI is InChI=1S/C12H17N5O/c1-8-7-10(18)16-12(14-8)17-11(13)15-9-5-3-2-4-6-9/h2-6,8,12,14H,7H2,1H3,(H,16,18)(H3,13,15,17). The number of carbonyl (C=O) groups is 1. The molecule has 1 aliphatic rings. The summed E-state index contributed by atoms with van der Waals surface area (Å²) in [4.78, 5) is 15.5. The fraction of sp³-hybridized carbons (Fsp3) is 0.333. The Morgan fingerprint density at radius 1 is 1.44 bits per heavy atom. The lowest BCUT2D eigenvalue weighted by molar-refractivity contribution is -0.124. The number of para-hydroxylation sites is 1. The highest BCUT2D eigenvalue weighted by Crippen LogP contribution is 2.05. The first kappa shape index (κ1) is 12.4. The predicted octanol–water partition coefficient (Wildman–Crippen LogP) is 0.195. The number of benzene rings is 1. The fourth-order valence-electron chi connectivity index (χ4n) is 1.77. The molecule has 2 unspecified atom stereocenters.